The molecule has 21 heavy (non-hydrogen) atoms. The fraction of sp³-hybridized carbons (Fsp3) is 0.308. The molecule has 0 saturated heterocycles. The second-order valence-electron chi connectivity index (χ2n) is 4.29. The van der Waals surface area contributed by atoms with Gasteiger partial charge in [-0.15, -0.1) is 11.6 Å². The number of hydrogen-bond acceptors (Lipinski definition) is 4. The lowest BCUT2D eigenvalue weighted by Crippen LogP contribution is -2.04. The zero-order valence-electron chi connectivity index (χ0n) is 11.3. The van der Waals surface area contributed by atoms with Crippen molar-refractivity contribution in [2.45, 2.75) is 18.5 Å². The molecule has 2 rings (SSSR count). The van der Waals surface area contributed by atoms with Gasteiger partial charge in [-0.2, -0.15) is 0 Å². The van der Waals surface area contributed by atoms with Crippen LogP contribution in [0.5, 0.6) is 0 Å². The number of nitro groups is 1. The first-order chi connectivity index (χ1) is 10.0. The van der Waals surface area contributed by atoms with Gasteiger partial charge in [0.15, 0.2) is 5.03 Å². The summed E-state index contributed by atoms with van der Waals surface area (Å²) in [4.78, 5) is 14.7. The van der Waals surface area contributed by atoms with Crippen molar-refractivity contribution in [3.8, 4) is 0 Å². The normalized spacial score (nSPS) is 10.8. The van der Waals surface area contributed by atoms with Crippen LogP contribution in [0.2, 0.25) is 5.02 Å². The molecule has 0 aliphatic carbocycles. The summed E-state index contributed by atoms with van der Waals surface area (Å²) in [6, 6.07) is 7.37. The molecule has 0 spiro atoms. The second kappa shape index (κ2) is 7.15. The first-order valence-electron chi connectivity index (χ1n) is 6.17. The van der Waals surface area contributed by atoms with Crippen LogP contribution in [0, 0.1) is 17.0 Å². The molecule has 1 aromatic carbocycles. The molecule has 1 heterocycles. The number of imidazole rings is 1. The second-order valence-corrected chi connectivity index (χ2v) is 6.19. The van der Waals surface area contributed by atoms with Crippen LogP contribution in [0.25, 0.3) is 0 Å². The van der Waals surface area contributed by atoms with Crippen molar-refractivity contribution in [2.24, 2.45) is 0 Å². The van der Waals surface area contributed by atoms with E-state index in [4.69, 9.17) is 23.2 Å². The molecule has 0 N–H and O–H groups in total. The van der Waals surface area contributed by atoms with Crippen LogP contribution in [-0.2, 0) is 6.54 Å². The van der Waals surface area contributed by atoms with E-state index in [1.807, 2.05) is 16.7 Å². The molecule has 5 nitrogen and oxygen atoms in total. The molecule has 0 bridgehead atoms. The van der Waals surface area contributed by atoms with Crippen molar-refractivity contribution < 1.29 is 4.92 Å². The minimum absolute atomic E-state index is 0.114. The Kier molecular flexibility index (Phi) is 5.50. The summed E-state index contributed by atoms with van der Waals surface area (Å²) in [5.74, 6) is 1.51. The highest BCUT2D eigenvalue weighted by molar-refractivity contribution is 7.99. The van der Waals surface area contributed by atoms with E-state index in [1.165, 1.54) is 11.8 Å². The maximum Gasteiger partial charge on any atom is 0.396 e. The third kappa shape index (κ3) is 3.90. The number of hydrogen-bond donors (Lipinski definition) is 0. The highest BCUT2D eigenvalue weighted by Crippen LogP contribution is 2.30. The van der Waals surface area contributed by atoms with Crippen LogP contribution >= 0.6 is 35.0 Å². The SMILES string of the molecule is Cc1nc([N+](=O)[O-])c(SCCCl)n1Cc1ccc(Cl)cc1. The third-order valence-electron chi connectivity index (χ3n) is 2.84. The van der Waals surface area contributed by atoms with Crippen molar-refractivity contribution in [1.82, 2.24) is 9.55 Å². The van der Waals surface area contributed by atoms with Crippen molar-refractivity contribution in [1.29, 1.82) is 0 Å². The number of aromatic nitrogens is 2. The third-order valence-corrected chi connectivity index (χ3v) is 4.59. The highest BCUT2D eigenvalue weighted by Gasteiger charge is 2.25. The van der Waals surface area contributed by atoms with Crippen LogP contribution in [0.4, 0.5) is 5.82 Å². The minimum atomic E-state index is -0.456. The zero-order valence-corrected chi connectivity index (χ0v) is 13.6. The standard InChI is InChI=1S/C13H13Cl2N3O2S/c1-9-16-12(18(19)20)13(21-7-6-14)17(9)8-10-2-4-11(15)5-3-10/h2-5H,6-8H2,1H3. The predicted octanol–water partition coefficient (Wildman–Crippen LogP) is 4.13. The molecular formula is C13H13Cl2N3O2S. The number of aryl methyl sites for hydroxylation is 1. The molecule has 0 atom stereocenters. The van der Waals surface area contributed by atoms with Gasteiger partial charge in [-0.3, -0.25) is 4.57 Å². The van der Waals surface area contributed by atoms with Crippen LogP contribution in [0.3, 0.4) is 0 Å². The van der Waals surface area contributed by atoms with Gasteiger partial charge in [0.05, 0.1) is 6.54 Å². The summed E-state index contributed by atoms with van der Waals surface area (Å²) >= 11 is 12.9. The van der Waals surface area contributed by atoms with Gasteiger partial charge in [0.2, 0.25) is 5.82 Å². The van der Waals surface area contributed by atoms with Gasteiger partial charge in [0.1, 0.15) is 0 Å². The molecular weight excluding hydrogens is 333 g/mol. The molecule has 0 unspecified atom stereocenters. The lowest BCUT2D eigenvalue weighted by Gasteiger charge is -2.08. The number of rotatable bonds is 6. The number of halogens is 2. The molecule has 0 aliphatic rings. The highest BCUT2D eigenvalue weighted by atomic mass is 35.5. The van der Waals surface area contributed by atoms with E-state index in [-0.39, 0.29) is 5.82 Å². The minimum Gasteiger partial charge on any atom is -0.358 e. The van der Waals surface area contributed by atoms with E-state index in [9.17, 15) is 10.1 Å². The summed E-state index contributed by atoms with van der Waals surface area (Å²) < 4.78 is 1.83. The Bertz CT molecular complexity index is 644. The Hall–Kier alpha value is -1.24. The van der Waals surface area contributed by atoms with Gasteiger partial charge in [-0.05, 0) is 27.6 Å². The molecule has 2 aromatic rings. The van der Waals surface area contributed by atoms with E-state index in [1.54, 1.807) is 19.1 Å². The van der Waals surface area contributed by atoms with Crippen LogP contribution < -0.4 is 0 Å². The number of nitrogens with zero attached hydrogens (tertiary/aromatic N) is 3. The van der Waals surface area contributed by atoms with E-state index in [0.29, 0.717) is 34.1 Å². The lowest BCUT2D eigenvalue weighted by molar-refractivity contribution is -0.392. The number of thioether (sulfide) groups is 1. The van der Waals surface area contributed by atoms with E-state index in [2.05, 4.69) is 4.98 Å². The Morgan fingerprint density at radius 3 is 2.62 bits per heavy atom. The maximum absolute atomic E-state index is 11.1. The Morgan fingerprint density at radius 1 is 1.38 bits per heavy atom. The lowest BCUT2D eigenvalue weighted by atomic mass is 10.2. The first kappa shape index (κ1) is 16.1. The number of alkyl halides is 1. The Labute approximate surface area is 136 Å². The first-order valence-corrected chi connectivity index (χ1v) is 8.07. The number of benzene rings is 1. The van der Waals surface area contributed by atoms with Gasteiger partial charge in [0, 0.05) is 23.6 Å². The molecule has 0 saturated carbocycles. The van der Waals surface area contributed by atoms with Crippen LogP contribution in [-0.4, -0.2) is 26.1 Å². The van der Waals surface area contributed by atoms with Crippen LogP contribution in [0.1, 0.15) is 11.4 Å². The average Bonchev–Trinajstić information content (AvgIpc) is 2.76. The fourth-order valence-electron chi connectivity index (χ4n) is 1.88. The molecule has 0 radical (unpaired) electrons. The maximum atomic E-state index is 11.1. The fourth-order valence-corrected chi connectivity index (χ4v) is 3.11. The van der Waals surface area contributed by atoms with Crippen molar-refractivity contribution in [3.63, 3.8) is 0 Å². The summed E-state index contributed by atoms with van der Waals surface area (Å²) in [7, 11) is 0. The summed E-state index contributed by atoms with van der Waals surface area (Å²) in [5.41, 5.74) is 1.00. The molecule has 0 amide bonds. The molecule has 112 valence electrons. The summed E-state index contributed by atoms with van der Waals surface area (Å²) in [6.45, 7) is 2.27. The van der Waals surface area contributed by atoms with Gasteiger partial charge in [-0.1, -0.05) is 35.5 Å². The van der Waals surface area contributed by atoms with Crippen molar-refractivity contribution in [3.05, 3.63) is 50.8 Å². The van der Waals surface area contributed by atoms with Crippen molar-refractivity contribution >= 4 is 40.8 Å². The summed E-state index contributed by atoms with van der Waals surface area (Å²) in [6.07, 6.45) is 0. The average molecular weight is 346 g/mol. The molecule has 0 aliphatic heterocycles. The largest absolute Gasteiger partial charge is 0.396 e. The van der Waals surface area contributed by atoms with E-state index in [0.717, 1.165) is 5.56 Å². The van der Waals surface area contributed by atoms with Gasteiger partial charge < -0.3 is 10.1 Å². The van der Waals surface area contributed by atoms with Gasteiger partial charge in [0.25, 0.3) is 0 Å². The topological polar surface area (TPSA) is 61.0 Å². The molecule has 8 heteroatoms. The molecule has 0 fully saturated rings. The quantitative estimate of drug-likeness (QED) is 0.341. The van der Waals surface area contributed by atoms with Gasteiger partial charge in [-0.25, -0.2) is 0 Å². The van der Waals surface area contributed by atoms with Crippen LogP contribution in [0.15, 0.2) is 29.3 Å². The zero-order chi connectivity index (χ0) is 15.4. The monoisotopic (exact) mass is 345 g/mol. The van der Waals surface area contributed by atoms with E-state index >= 15 is 0 Å². The van der Waals surface area contributed by atoms with Gasteiger partial charge >= 0.3 is 5.82 Å². The van der Waals surface area contributed by atoms with Crippen molar-refractivity contribution in [2.75, 3.05) is 11.6 Å². The molecule has 1 aromatic heterocycles. The Balaban J connectivity index is 2.36. The van der Waals surface area contributed by atoms with E-state index < -0.39 is 4.92 Å². The Morgan fingerprint density at radius 2 is 2.05 bits per heavy atom. The summed E-state index contributed by atoms with van der Waals surface area (Å²) in [5, 5.41) is 12.3. The predicted molar refractivity (Wildman–Crippen MR) is 85.6 cm³/mol. The smallest absolute Gasteiger partial charge is 0.358 e.